The van der Waals surface area contributed by atoms with Crippen molar-refractivity contribution in [2.45, 2.75) is 13.5 Å². The van der Waals surface area contributed by atoms with Crippen LogP contribution in [0.2, 0.25) is 0 Å². The van der Waals surface area contributed by atoms with Crippen molar-refractivity contribution in [3.63, 3.8) is 0 Å². The Morgan fingerprint density at radius 2 is 2.43 bits per heavy atom. The van der Waals surface area contributed by atoms with Crippen LogP contribution in [0.3, 0.4) is 0 Å². The summed E-state index contributed by atoms with van der Waals surface area (Å²) in [5.41, 5.74) is 1.08. The minimum absolute atomic E-state index is 0.00111. The van der Waals surface area contributed by atoms with Gasteiger partial charge in [0.2, 0.25) is 5.91 Å². The standard InChI is InChI=1S/C10H15ClN2O/c1-8(6-11)10(14)12-7-9-4-3-5-13(9)2/h3-5,8H,6-7H2,1-2H3,(H,12,14). The molecule has 1 aromatic rings. The summed E-state index contributed by atoms with van der Waals surface area (Å²) in [7, 11) is 1.95. The second-order valence-corrected chi connectivity index (χ2v) is 3.69. The molecule has 0 bridgehead atoms. The Morgan fingerprint density at radius 3 is 2.93 bits per heavy atom. The molecule has 1 amide bonds. The lowest BCUT2D eigenvalue weighted by Gasteiger charge is -2.09. The number of hydrogen-bond donors (Lipinski definition) is 1. The summed E-state index contributed by atoms with van der Waals surface area (Å²) in [6, 6.07) is 3.93. The quantitative estimate of drug-likeness (QED) is 0.758. The van der Waals surface area contributed by atoms with Crippen molar-refractivity contribution in [3.05, 3.63) is 24.0 Å². The molecule has 0 aliphatic heterocycles. The number of aromatic nitrogens is 1. The molecule has 1 rings (SSSR count). The van der Waals surface area contributed by atoms with E-state index in [1.807, 2.05) is 36.9 Å². The maximum Gasteiger partial charge on any atom is 0.224 e. The molecule has 1 heterocycles. The number of hydrogen-bond acceptors (Lipinski definition) is 1. The van der Waals surface area contributed by atoms with Gasteiger partial charge in [0.25, 0.3) is 0 Å². The summed E-state index contributed by atoms with van der Waals surface area (Å²) in [5, 5.41) is 2.83. The van der Waals surface area contributed by atoms with Gasteiger partial charge in [0.15, 0.2) is 0 Å². The van der Waals surface area contributed by atoms with Crippen LogP contribution in [0.4, 0.5) is 0 Å². The Labute approximate surface area is 89.1 Å². The molecule has 3 nitrogen and oxygen atoms in total. The first kappa shape index (κ1) is 11.1. The topological polar surface area (TPSA) is 34.0 Å². The van der Waals surface area contributed by atoms with Crippen LogP contribution in [0.25, 0.3) is 0 Å². The van der Waals surface area contributed by atoms with E-state index in [-0.39, 0.29) is 11.8 Å². The second-order valence-electron chi connectivity index (χ2n) is 3.38. The van der Waals surface area contributed by atoms with E-state index in [2.05, 4.69) is 5.32 Å². The van der Waals surface area contributed by atoms with Gasteiger partial charge in [-0.05, 0) is 12.1 Å². The fraction of sp³-hybridized carbons (Fsp3) is 0.500. The lowest BCUT2D eigenvalue weighted by Crippen LogP contribution is -2.30. The molecule has 1 aromatic heterocycles. The Bertz CT molecular complexity index is 309. The summed E-state index contributed by atoms with van der Waals surface area (Å²) < 4.78 is 1.98. The molecule has 4 heteroatoms. The predicted octanol–water partition coefficient (Wildman–Crippen LogP) is 1.52. The third kappa shape index (κ3) is 2.77. The zero-order valence-corrected chi connectivity index (χ0v) is 9.21. The molecule has 78 valence electrons. The van der Waals surface area contributed by atoms with Crippen LogP contribution in [0, 0.1) is 5.92 Å². The van der Waals surface area contributed by atoms with Crippen molar-refractivity contribution < 1.29 is 4.79 Å². The molecule has 1 unspecified atom stereocenters. The maximum absolute atomic E-state index is 11.4. The van der Waals surface area contributed by atoms with Gasteiger partial charge in [-0.2, -0.15) is 0 Å². The van der Waals surface area contributed by atoms with Crippen molar-refractivity contribution in [2.75, 3.05) is 5.88 Å². The molecule has 0 aromatic carbocycles. The number of nitrogens with one attached hydrogen (secondary N) is 1. The van der Waals surface area contributed by atoms with Gasteiger partial charge in [0.1, 0.15) is 0 Å². The van der Waals surface area contributed by atoms with Crippen LogP contribution in [-0.2, 0) is 18.4 Å². The highest BCUT2D eigenvalue weighted by Gasteiger charge is 2.10. The molecule has 0 saturated carbocycles. The van der Waals surface area contributed by atoms with Crippen LogP contribution in [0.1, 0.15) is 12.6 Å². The fourth-order valence-electron chi connectivity index (χ4n) is 1.10. The number of rotatable bonds is 4. The van der Waals surface area contributed by atoms with Crippen molar-refractivity contribution in [3.8, 4) is 0 Å². The normalized spacial score (nSPS) is 12.5. The summed E-state index contributed by atoms with van der Waals surface area (Å²) in [6.07, 6.45) is 1.95. The molecule has 0 aliphatic rings. The van der Waals surface area contributed by atoms with Gasteiger partial charge in [0, 0.05) is 30.7 Å². The Hall–Kier alpha value is -0.960. The van der Waals surface area contributed by atoms with E-state index >= 15 is 0 Å². The lowest BCUT2D eigenvalue weighted by molar-refractivity contribution is -0.124. The zero-order valence-electron chi connectivity index (χ0n) is 8.46. The molecule has 1 atom stereocenters. The van der Waals surface area contributed by atoms with E-state index in [0.717, 1.165) is 5.69 Å². The highest BCUT2D eigenvalue weighted by molar-refractivity contribution is 6.19. The van der Waals surface area contributed by atoms with Gasteiger partial charge in [-0.1, -0.05) is 6.92 Å². The van der Waals surface area contributed by atoms with Crippen LogP contribution in [0.5, 0.6) is 0 Å². The molecule has 0 saturated heterocycles. The van der Waals surface area contributed by atoms with E-state index in [1.165, 1.54) is 0 Å². The van der Waals surface area contributed by atoms with E-state index in [9.17, 15) is 4.79 Å². The Morgan fingerprint density at radius 1 is 1.71 bits per heavy atom. The minimum atomic E-state index is -0.128. The Kier molecular flexibility index (Phi) is 4.01. The van der Waals surface area contributed by atoms with Gasteiger partial charge in [-0.3, -0.25) is 4.79 Å². The number of aryl methyl sites for hydroxylation is 1. The largest absolute Gasteiger partial charge is 0.353 e. The molecule has 0 radical (unpaired) electrons. The highest BCUT2D eigenvalue weighted by Crippen LogP contribution is 2.01. The van der Waals surface area contributed by atoms with Gasteiger partial charge in [0.05, 0.1) is 6.54 Å². The minimum Gasteiger partial charge on any atom is -0.353 e. The number of carbonyl (C=O) groups is 1. The van der Waals surface area contributed by atoms with E-state index in [1.54, 1.807) is 0 Å². The van der Waals surface area contributed by atoms with Crippen LogP contribution in [-0.4, -0.2) is 16.4 Å². The lowest BCUT2D eigenvalue weighted by atomic mass is 10.2. The number of carbonyl (C=O) groups excluding carboxylic acids is 1. The number of nitrogens with zero attached hydrogens (tertiary/aromatic N) is 1. The third-order valence-electron chi connectivity index (χ3n) is 2.17. The van der Waals surface area contributed by atoms with E-state index in [4.69, 9.17) is 11.6 Å². The van der Waals surface area contributed by atoms with E-state index < -0.39 is 0 Å². The predicted molar refractivity (Wildman–Crippen MR) is 57.1 cm³/mol. The second kappa shape index (κ2) is 5.05. The van der Waals surface area contributed by atoms with Gasteiger partial charge in [-0.15, -0.1) is 11.6 Å². The van der Waals surface area contributed by atoms with Crippen molar-refractivity contribution >= 4 is 17.5 Å². The summed E-state index contributed by atoms with van der Waals surface area (Å²) in [5.74, 6) is 0.233. The summed E-state index contributed by atoms with van der Waals surface area (Å²) in [4.78, 5) is 11.4. The van der Waals surface area contributed by atoms with Crippen molar-refractivity contribution in [1.82, 2.24) is 9.88 Å². The first-order valence-corrected chi connectivity index (χ1v) is 5.12. The van der Waals surface area contributed by atoms with Crippen LogP contribution >= 0.6 is 11.6 Å². The van der Waals surface area contributed by atoms with Gasteiger partial charge < -0.3 is 9.88 Å². The number of halogens is 1. The summed E-state index contributed by atoms with van der Waals surface area (Å²) >= 11 is 5.57. The third-order valence-corrected chi connectivity index (χ3v) is 2.64. The smallest absolute Gasteiger partial charge is 0.224 e. The van der Waals surface area contributed by atoms with E-state index in [0.29, 0.717) is 12.4 Å². The SMILES string of the molecule is CC(CCl)C(=O)NCc1cccn1C. The van der Waals surface area contributed by atoms with Crippen molar-refractivity contribution in [1.29, 1.82) is 0 Å². The molecular weight excluding hydrogens is 200 g/mol. The molecule has 1 N–H and O–H groups in total. The molecule has 0 spiro atoms. The molecule has 14 heavy (non-hydrogen) atoms. The zero-order chi connectivity index (χ0) is 10.6. The van der Waals surface area contributed by atoms with Crippen LogP contribution in [0.15, 0.2) is 18.3 Å². The van der Waals surface area contributed by atoms with Crippen LogP contribution < -0.4 is 5.32 Å². The summed E-state index contributed by atoms with van der Waals surface area (Å²) in [6.45, 7) is 2.37. The Balaban J connectivity index is 2.41. The van der Waals surface area contributed by atoms with Gasteiger partial charge >= 0.3 is 0 Å². The number of amides is 1. The average Bonchev–Trinajstić information content (AvgIpc) is 2.59. The maximum atomic E-state index is 11.4. The van der Waals surface area contributed by atoms with Gasteiger partial charge in [-0.25, -0.2) is 0 Å². The molecule has 0 fully saturated rings. The van der Waals surface area contributed by atoms with Crippen molar-refractivity contribution in [2.24, 2.45) is 13.0 Å². The number of alkyl halides is 1. The average molecular weight is 215 g/mol. The molecule has 0 aliphatic carbocycles. The monoisotopic (exact) mass is 214 g/mol. The molecular formula is C10H15ClN2O. The highest BCUT2D eigenvalue weighted by atomic mass is 35.5. The first-order valence-electron chi connectivity index (χ1n) is 4.59. The first-order chi connectivity index (χ1) is 6.65. The fourth-order valence-corrected chi connectivity index (χ4v) is 1.24.